The van der Waals surface area contributed by atoms with Crippen LogP contribution in [-0.2, 0) is 22.4 Å². The SMILES string of the molecule is CC[C@H]1CCc2sc(C(=O)NNC(=O)CCCNC(=O)OC(C)(C)C)cc2C1. The van der Waals surface area contributed by atoms with Crippen molar-refractivity contribution >= 4 is 29.2 Å². The van der Waals surface area contributed by atoms with Crippen molar-refractivity contribution < 1.29 is 19.1 Å². The highest BCUT2D eigenvalue weighted by atomic mass is 32.1. The van der Waals surface area contributed by atoms with Crippen molar-refractivity contribution in [3.8, 4) is 0 Å². The van der Waals surface area contributed by atoms with E-state index in [4.69, 9.17) is 4.74 Å². The van der Waals surface area contributed by atoms with E-state index >= 15 is 0 Å². The minimum absolute atomic E-state index is 0.190. The lowest BCUT2D eigenvalue weighted by Crippen LogP contribution is -2.41. The first-order valence-corrected chi connectivity index (χ1v) is 10.7. The molecule has 7 nitrogen and oxygen atoms in total. The van der Waals surface area contributed by atoms with Crippen molar-refractivity contribution in [2.75, 3.05) is 6.54 Å². The molecular formula is C20H31N3O4S. The van der Waals surface area contributed by atoms with Gasteiger partial charge in [0, 0.05) is 17.8 Å². The van der Waals surface area contributed by atoms with Gasteiger partial charge in [-0.15, -0.1) is 11.3 Å². The normalized spacial score (nSPS) is 16.1. The van der Waals surface area contributed by atoms with E-state index in [0.717, 1.165) is 19.3 Å². The van der Waals surface area contributed by atoms with E-state index in [9.17, 15) is 14.4 Å². The number of carbonyl (C=O) groups excluding carboxylic acids is 3. The van der Waals surface area contributed by atoms with Gasteiger partial charge in [-0.25, -0.2) is 4.79 Å². The lowest BCUT2D eigenvalue weighted by molar-refractivity contribution is -0.121. The second-order valence-electron chi connectivity index (χ2n) is 8.11. The van der Waals surface area contributed by atoms with Gasteiger partial charge in [-0.1, -0.05) is 13.3 Å². The van der Waals surface area contributed by atoms with Crippen LogP contribution >= 0.6 is 11.3 Å². The van der Waals surface area contributed by atoms with Crippen molar-refractivity contribution in [1.82, 2.24) is 16.2 Å². The quantitative estimate of drug-likeness (QED) is 0.496. The number of amides is 3. The van der Waals surface area contributed by atoms with Crippen LogP contribution < -0.4 is 16.2 Å². The van der Waals surface area contributed by atoms with Crippen LogP contribution in [0.3, 0.4) is 0 Å². The topological polar surface area (TPSA) is 96.5 Å². The number of carbonyl (C=O) groups is 3. The predicted octanol–water partition coefficient (Wildman–Crippen LogP) is 3.33. The third-order valence-corrected chi connectivity index (χ3v) is 5.79. The van der Waals surface area contributed by atoms with Gasteiger partial charge in [0.05, 0.1) is 4.88 Å². The Morgan fingerprint density at radius 2 is 2.00 bits per heavy atom. The van der Waals surface area contributed by atoms with Crippen molar-refractivity contribution in [1.29, 1.82) is 0 Å². The largest absolute Gasteiger partial charge is 0.444 e. The molecule has 1 heterocycles. The van der Waals surface area contributed by atoms with E-state index in [-0.39, 0.29) is 18.2 Å². The van der Waals surface area contributed by atoms with Gasteiger partial charge < -0.3 is 10.1 Å². The summed E-state index contributed by atoms with van der Waals surface area (Å²) >= 11 is 1.51. The number of fused-ring (bicyclic) bond motifs is 1. The molecule has 1 aliphatic carbocycles. The Bertz CT molecular complexity index is 709. The average Bonchev–Trinajstić information content (AvgIpc) is 3.05. The monoisotopic (exact) mass is 409 g/mol. The number of hydrogen-bond acceptors (Lipinski definition) is 5. The molecule has 0 bridgehead atoms. The van der Waals surface area contributed by atoms with Gasteiger partial charge in [-0.05, 0) is 64.0 Å². The van der Waals surface area contributed by atoms with Gasteiger partial charge in [0.15, 0.2) is 0 Å². The molecule has 1 aromatic rings. The fourth-order valence-electron chi connectivity index (χ4n) is 3.06. The van der Waals surface area contributed by atoms with Crippen LogP contribution in [0.2, 0.25) is 0 Å². The third-order valence-electron chi connectivity index (χ3n) is 4.55. The highest BCUT2D eigenvalue weighted by molar-refractivity contribution is 7.14. The summed E-state index contributed by atoms with van der Waals surface area (Å²) < 4.78 is 5.11. The molecule has 0 saturated heterocycles. The van der Waals surface area contributed by atoms with E-state index in [2.05, 4.69) is 23.1 Å². The average molecular weight is 410 g/mol. The van der Waals surface area contributed by atoms with Crippen LogP contribution in [0.1, 0.15) is 73.5 Å². The number of hydrogen-bond donors (Lipinski definition) is 3. The van der Waals surface area contributed by atoms with E-state index in [1.54, 1.807) is 20.8 Å². The molecule has 1 aromatic heterocycles. The summed E-state index contributed by atoms with van der Waals surface area (Å²) in [6.45, 7) is 7.89. The molecule has 0 unspecified atom stereocenters. The number of aryl methyl sites for hydroxylation is 1. The fraction of sp³-hybridized carbons (Fsp3) is 0.650. The Hall–Kier alpha value is -2.09. The van der Waals surface area contributed by atoms with Crippen LogP contribution in [0.4, 0.5) is 4.79 Å². The molecule has 156 valence electrons. The highest BCUT2D eigenvalue weighted by Gasteiger charge is 2.22. The van der Waals surface area contributed by atoms with Gasteiger partial charge in [0.25, 0.3) is 5.91 Å². The molecule has 0 fully saturated rings. The standard InChI is InChI=1S/C20H31N3O4S/c1-5-13-8-9-15-14(11-13)12-16(28-15)18(25)23-22-17(24)7-6-10-21-19(26)27-20(2,3)4/h12-13H,5-11H2,1-4H3,(H,21,26)(H,22,24)(H,23,25)/t13-/m0/s1. The Morgan fingerprint density at radius 3 is 2.68 bits per heavy atom. The summed E-state index contributed by atoms with van der Waals surface area (Å²) in [7, 11) is 0. The molecular weight excluding hydrogens is 378 g/mol. The Labute approximate surface area is 170 Å². The van der Waals surface area contributed by atoms with Crippen molar-refractivity contribution in [3.63, 3.8) is 0 Å². The summed E-state index contributed by atoms with van der Waals surface area (Å²) in [6, 6.07) is 1.95. The zero-order valence-corrected chi connectivity index (χ0v) is 18.0. The first-order valence-electron chi connectivity index (χ1n) is 9.85. The minimum atomic E-state index is -0.551. The smallest absolute Gasteiger partial charge is 0.407 e. The minimum Gasteiger partial charge on any atom is -0.444 e. The van der Waals surface area contributed by atoms with Gasteiger partial charge in [0.2, 0.25) is 5.91 Å². The second-order valence-corrected chi connectivity index (χ2v) is 9.25. The van der Waals surface area contributed by atoms with Crippen molar-refractivity contribution in [2.24, 2.45) is 5.92 Å². The first kappa shape index (κ1) is 22.2. The Morgan fingerprint density at radius 1 is 1.25 bits per heavy atom. The van der Waals surface area contributed by atoms with Gasteiger partial charge in [-0.2, -0.15) is 0 Å². The number of hydrazine groups is 1. The molecule has 0 radical (unpaired) electrons. The Balaban J connectivity index is 1.67. The molecule has 0 spiro atoms. The van der Waals surface area contributed by atoms with Crippen LogP contribution in [-0.4, -0.2) is 30.1 Å². The van der Waals surface area contributed by atoms with Crippen molar-refractivity contribution in [2.45, 2.75) is 71.8 Å². The molecule has 3 amide bonds. The summed E-state index contributed by atoms with van der Waals surface area (Å²) in [6.07, 6.45) is 4.54. The first-order chi connectivity index (χ1) is 13.2. The zero-order valence-electron chi connectivity index (χ0n) is 17.1. The maximum absolute atomic E-state index is 12.3. The molecule has 1 atom stereocenters. The van der Waals surface area contributed by atoms with Crippen LogP contribution in [0.15, 0.2) is 6.07 Å². The molecule has 1 aliphatic rings. The number of nitrogens with one attached hydrogen (secondary N) is 3. The zero-order chi connectivity index (χ0) is 20.7. The van der Waals surface area contributed by atoms with Gasteiger partial charge in [0.1, 0.15) is 5.60 Å². The summed E-state index contributed by atoms with van der Waals surface area (Å²) in [5.41, 5.74) is 5.63. The van der Waals surface area contributed by atoms with E-state index in [0.29, 0.717) is 23.8 Å². The Kier molecular flexibility index (Phi) is 7.86. The number of thiophene rings is 1. The van der Waals surface area contributed by atoms with E-state index in [1.165, 1.54) is 28.2 Å². The molecule has 0 aromatic carbocycles. The van der Waals surface area contributed by atoms with Crippen LogP contribution in [0.25, 0.3) is 0 Å². The third kappa shape index (κ3) is 7.14. The lowest BCUT2D eigenvalue weighted by atomic mass is 9.87. The molecule has 0 saturated carbocycles. The molecule has 3 N–H and O–H groups in total. The van der Waals surface area contributed by atoms with Gasteiger partial charge >= 0.3 is 6.09 Å². The summed E-state index contributed by atoms with van der Waals surface area (Å²) in [5.74, 6) is 0.117. The lowest BCUT2D eigenvalue weighted by Gasteiger charge is -2.19. The number of ether oxygens (including phenoxy) is 1. The maximum atomic E-state index is 12.3. The molecule has 28 heavy (non-hydrogen) atoms. The molecule has 8 heteroatoms. The summed E-state index contributed by atoms with van der Waals surface area (Å²) in [5, 5.41) is 2.59. The van der Waals surface area contributed by atoms with Crippen molar-refractivity contribution in [3.05, 3.63) is 21.4 Å². The van der Waals surface area contributed by atoms with E-state index in [1.807, 2.05) is 6.07 Å². The number of rotatable bonds is 6. The second kappa shape index (κ2) is 9.91. The highest BCUT2D eigenvalue weighted by Crippen LogP contribution is 2.33. The van der Waals surface area contributed by atoms with E-state index < -0.39 is 11.7 Å². The maximum Gasteiger partial charge on any atom is 0.407 e. The van der Waals surface area contributed by atoms with Crippen LogP contribution in [0, 0.1) is 5.92 Å². The predicted molar refractivity (Wildman–Crippen MR) is 109 cm³/mol. The van der Waals surface area contributed by atoms with Crippen LogP contribution in [0.5, 0.6) is 0 Å². The summed E-state index contributed by atoms with van der Waals surface area (Å²) in [4.78, 5) is 37.6. The number of alkyl carbamates (subject to hydrolysis) is 1. The molecule has 2 rings (SSSR count). The molecule has 0 aliphatic heterocycles. The van der Waals surface area contributed by atoms with Gasteiger partial charge in [-0.3, -0.25) is 20.4 Å². The fourth-order valence-corrected chi connectivity index (χ4v) is 4.17.